The number of nitrogens with zero attached hydrogens (tertiary/aromatic N) is 3. The Kier molecular flexibility index (Phi) is 4.57. The van der Waals surface area contributed by atoms with Crippen molar-refractivity contribution in [2.75, 3.05) is 27.2 Å². The molecule has 6 heteroatoms. The zero-order valence-electron chi connectivity index (χ0n) is 12.1. The summed E-state index contributed by atoms with van der Waals surface area (Å²) in [5.74, 6) is 0.393. The van der Waals surface area contributed by atoms with Crippen molar-refractivity contribution in [3.05, 3.63) is 30.1 Å². The van der Waals surface area contributed by atoms with Gasteiger partial charge in [0.15, 0.2) is 11.5 Å². The Balaban J connectivity index is 1.92. The highest BCUT2D eigenvalue weighted by Gasteiger charge is 2.14. The lowest BCUT2D eigenvalue weighted by Gasteiger charge is -2.08. The molecule has 0 atom stereocenters. The van der Waals surface area contributed by atoms with E-state index in [9.17, 15) is 4.79 Å². The van der Waals surface area contributed by atoms with Gasteiger partial charge < -0.3 is 19.3 Å². The summed E-state index contributed by atoms with van der Waals surface area (Å²) in [5.41, 5.74) is 1.20. The number of carbonyl (C=O) groups excluding carboxylic acids is 1. The van der Waals surface area contributed by atoms with Gasteiger partial charge in [0.25, 0.3) is 5.91 Å². The van der Waals surface area contributed by atoms with Gasteiger partial charge in [0, 0.05) is 25.9 Å². The van der Waals surface area contributed by atoms with Crippen molar-refractivity contribution in [1.29, 1.82) is 0 Å². The van der Waals surface area contributed by atoms with E-state index in [0.717, 1.165) is 18.7 Å². The molecule has 108 valence electrons. The lowest BCUT2D eigenvalue weighted by molar-refractivity contribution is 0.0943. The minimum atomic E-state index is -0.201. The molecule has 0 spiro atoms. The molecule has 0 radical (unpaired) electrons. The molecule has 0 aliphatic rings. The first-order chi connectivity index (χ1) is 9.58. The van der Waals surface area contributed by atoms with Crippen molar-refractivity contribution >= 4 is 5.91 Å². The molecular weight excluding hydrogens is 256 g/mol. The smallest absolute Gasteiger partial charge is 0.273 e. The van der Waals surface area contributed by atoms with Crippen molar-refractivity contribution in [3.8, 4) is 11.5 Å². The number of hydrogen-bond donors (Lipinski definition) is 1. The summed E-state index contributed by atoms with van der Waals surface area (Å²) in [6.07, 6.45) is 2.82. The lowest BCUT2D eigenvalue weighted by Crippen LogP contribution is -2.27. The highest BCUT2D eigenvalue weighted by Crippen LogP contribution is 2.19. The molecule has 0 saturated carbocycles. The van der Waals surface area contributed by atoms with Gasteiger partial charge in [-0.1, -0.05) is 5.16 Å². The van der Waals surface area contributed by atoms with Gasteiger partial charge in [-0.25, -0.2) is 0 Å². The molecule has 0 aromatic carbocycles. The van der Waals surface area contributed by atoms with Gasteiger partial charge >= 0.3 is 0 Å². The molecule has 2 aromatic heterocycles. The van der Waals surface area contributed by atoms with Crippen LogP contribution < -0.4 is 5.32 Å². The summed E-state index contributed by atoms with van der Waals surface area (Å²) in [4.78, 5) is 14.0. The van der Waals surface area contributed by atoms with Crippen LogP contribution in [-0.4, -0.2) is 47.7 Å². The Morgan fingerprint density at radius 1 is 1.50 bits per heavy atom. The normalized spacial score (nSPS) is 11.0. The van der Waals surface area contributed by atoms with Crippen LogP contribution >= 0.6 is 0 Å². The van der Waals surface area contributed by atoms with E-state index >= 15 is 0 Å². The van der Waals surface area contributed by atoms with Crippen LogP contribution in [0.3, 0.4) is 0 Å². The van der Waals surface area contributed by atoms with Gasteiger partial charge in [-0.15, -0.1) is 0 Å². The number of aromatic nitrogens is 2. The Bertz CT molecular complexity index is 571. The summed E-state index contributed by atoms with van der Waals surface area (Å²) in [7, 11) is 5.93. The van der Waals surface area contributed by atoms with Crippen LogP contribution in [0.1, 0.15) is 16.9 Å². The van der Waals surface area contributed by atoms with Gasteiger partial charge in [-0.2, -0.15) is 0 Å². The minimum absolute atomic E-state index is 0.201. The van der Waals surface area contributed by atoms with Gasteiger partial charge in [0.2, 0.25) is 0 Å². The zero-order valence-corrected chi connectivity index (χ0v) is 12.1. The van der Waals surface area contributed by atoms with Crippen LogP contribution in [0, 0.1) is 0 Å². The number of rotatable bonds is 6. The fourth-order valence-corrected chi connectivity index (χ4v) is 1.91. The standard InChI is InChI=1S/C14H20N4O2/c1-17(2)8-5-7-15-14(19)11-10-13(20-16-11)12-6-4-9-18(12)3/h4,6,9-10H,5,7-8H2,1-3H3,(H,15,19). The fraction of sp³-hybridized carbons (Fsp3) is 0.429. The van der Waals surface area contributed by atoms with Crippen molar-refractivity contribution in [2.45, 2.75) is 6.42 Å². The highest BCUT2D eigenvalue weighted by molar-refractivity contribution is 5.92. The van der Waals surface area contributed by atoms with E-state index in [-0.39, 0.29) is 5.91 Å². The van der Waals surface area contributed by atoms with Gasteiger partial charge in [-0.05, 0) is 39.2 Å². The van der Waals surface area contributed by atoms with E-state index in [1.54, 1.807) is 6.07 Å². The molecule has 2 rings (SSSR count). The molecule has 20 heavy (non-hydrogen) atoms. The third kappa shape index (κ3) is 3.48. The molecule has 1 N–H and O–H groups in total. The SMILES string of the molecule is CN(C)CCCNC(=O)c1cc(-c2cccn2C)on1. The molecule has 0 aliphatic heterocycles. The molecule has 0 aliphatic carbocycles. The van der Waals surface area contributed by atoms with Crippen LogP contribution in [0.25, 0.3) is 11.5 Å². The van der Waals surface area contributed by atoms with Crippen LogP contribution in [0.5, 0.6) is 0 Å². The fourth-order valence-electron chi connectivity index (χ4n) is 1.91. The van der Waals surface area contributed by atoms with E-state index in [2.05, 4.69) is 15.4 Å². The second-order valence-electron chi connectivity index (χ2n) is 4.99. The first-order valence-electron chi connectivity index (χ1n) is 6.59. The lowest BCUT2D eigenvalue weighted by atomic mass is 10.3. The number of carbonyl (C=O) groups is 1. The predicted molar refractivity (Wildman–Crippen MR) is 76.4 cm³/mol. The van der Waals surface area contributed by atoms with Crippen molar-refractivity contribution in [1.82, 2.24) is 19.9 Å². The van der Waals surface area contributed by atoms with Crippen LogP contribution in [-0.2, 0) is 7.05 Å². The number of amides is 1. The van der Waals surface area contributed by atoms with Crippen LogP contribution in [0.4, 0.5) is 0 Å². The van der Waals surface area contributed by atoms with Crippen LogP contribution in [0.15, 0.2) is 28.9 Å². The number of aryl methyl sites for hydroxylation is 1. The highest BCUT2D eigenvalue weighted by atomic mass is 16.5. The molecule has 0 bridgehead atoms. The Labute approximate surface area is 118 Å². The average molecular weight is 276 g/mol. The van der Waals surface area contributed by atoms with Crippen molar-refractivity contribution < 1.29 is 9.32 Å². The van der Waals surface area contributed by atoms with Crippen molar-refractivity contribution in [3.63, 3.8) is 0 Å². The Morgan fingerprint density at radius 2 is 2.30 bits per heavy atom. The number of hydrogen-bond acceptors (Lipinski definition) is 4. The molecule has 1 amide bonds. The molecule has 0 fully saturated rings. The van der Waals surface area contributed by atoms with Crippen molar-refractivity contribution in [2.24, 2.45) is 7.05 Å². The van der Waals surface area contributed by atoms with E-state index in [1.807, 2.05) is 44.0 Å². The first-order valence-corrected chi connectivity index (χ1v) is 6.59. The van der Waals surface area contributed by atoms with Gasteiger partial charge in [0.05, 0.1) is 5.69 Å². The molecule has 0 saturated heterocycles. The average Bonchev–Trinajstić information content (AvgIpc) is 3.02. The Hall–Kier alpha value is -2.08. The third-order valence-electron chi connectivity index (χ3n) is 3.01. The summed E-state index contributed by atoms with van der Waals surface area (Å²) in [6.45, 7) is 1.57. The van der Waals surface area contributed by atoms with Gasteiger partial charge in [-0.3, -0.25) is 4.79 Å². The summed E-state index contributed by atoms with van der Waals surface area (Å²) in [5, 5.41) is 6.65. The van der Waals surface area contributed by atoms with Gasteiger partial charge in [0.1, 0.15) is 0 Å². The summed E-state index contributed by atoms with van der Waals surface area (Å²) < 4.78 is 7.13. The monoisotopic (exact) mass is 276 g/mol. The van der Waals surface area contributed by atoms with E-state index in [0.29, 0.717) is 18.0 Å². The maximum absolute atomic E-state index is 11.9. The molecular formula is C14H20N4O2. The first kappa shape index (κ1) is 14.3. The second kappa shape index (κ2) is 6.38. The topological polar surface area (TPSA) is 63.3 Å². The van der Waals surface area contributed by atoms with E-state index < -0.39 is 0 Å². The second-order valence-corrected chi connectivity index (χ2v) is 4.99. The van der Waals surface area contributed by atoms with Crippen LogP contribution in [0.2, 0.25) is 0 Å². The maximum atomic E-state index is 11.9. The molecule has 6 nitrogen and oxygen atoms in total. The quantitative estimate of drug-likeness (QED) is 0.809. The van der Waals surface area contributed by atoms with E-state index in [1.165, 1.54) is 0 Å². The molecule has 2 heterocycles. The number of nitrogens with one attached hydrogen (secondary N) is 1. The largest absolute Gasteiger partial charge is 0.354 e. The molecule has 2 aromatic rings. The molecule has 0 unspecified atom stereocenters. The third-order valence-corrected chi connectivity index (χ3v) is 3.01. The summed E-state index contributed by atoms with van der Waals surface area (Å²) >= 11 is 0. The maximum Gasteiger partial charge on any atom is 0.273 e. The zero-order chi connectivity index (χ0) is 14.5. The summed E-state index contributed by atoms with van der Waals surface area (Å²) in [6, 6.07) is 5.49. The van der Waals surface area contributed by atoms with E-state index in [4.69, 9.17) is 4.52 Å². The minimum Gasteiger partial charge on any atom is -0.354 e. The Morgan fingerprint density at radius 3 is 2.95 bits per heavy atom. The predicted octanol–water partition coefficient (Wildman–Crippen LogP) is 1.36.